The maximum atomic E-state index is 13.3. The van der Waals surface area contributed by atoms with E-state index in [1.165, 1.54) is 0 Å². The van der Waals surface area contributed by atoms with E-state index in [2.05, 4.69) is 15.6 Å². The van der Waals surface area contributed by atoms with Crippen LogP contribution >= 0.6 is 0 Å². The van der Waals surface area contributed by atoms with E-state index in [1.807, 2.05) is 0 Å². The van der Waals surface area contributed by atoms with Crippen molar-refractivity contribution in [1.29, 1.82) is 0 Å². The van der Waals surface area contributed by atoms with Crippen LogP contribution in [-0.4, -0.2) is 11.0 Å². The van der Waals surface area contributed by atoms with Crippen molar-refractivity contribution in [2.45, 2.75) is 12.7 Å². The Morgan fingerprint density at radius 1 is 0.966 bits per heavy atom. The summed E-state index contributed by atoms with van der Waals surface area (Å²) in [4.78, 5) is 15.8. The molecule has 1 heterocycles. The van der Waals surface area contributed by atoms with Crippen molar-refractivity contribution in [1.82, 2.24) is 10.3 Å². The number of benzene rings is 2. The number of alkyl halides is 3. The van der Waals surface area contributed by atoms with Crippen molar-refractivity contribution >= 4 is 11.7 Å². The third-order valence-corrected chi connectivity index (χ3v) is 3.79. The predicted molar refractivity (Wildman–Crippen MR) is 98.0 cm³/mol. The Morgan fingerprint density at radius 2 is 1.62 bits per heavy atom. The molecule has 9 heteroatoms. The van der Waals surface area contributed by atoms with Crippen LogP contribution in [0.3, 0.4) is 0 Å². The van der Waals surface area contributed by atoms with Crippen molar-refractivity contribution in [3.63, 3.8) is 0 Å². The van der Waals surface area contributed by atoms with E-state index < -0.39 is 23.6 Å². The third kappa shape index (κ3) is 5.68. The van der Waals surface area contributed by atoms with Gasteiger partial charge in [-0.2, -0.15) is 13.2 Å². The molecule has 0 aliphatic rings. The van der Waals surface area contributed by atoms with Gasteiger partial charge in [0, 0.05) is 24.6 Å². The van der Waals surface area contributed by atoms with E-state index in [4.69, 9.17) is 4.74 Å². The molecule has 0 atom stereocenters. The molecule has 1 aromatic heterocycles. The molecule has 0 saturated heterocycles. The number of nitrogens with one attached hydrogen (secondary N) is 2. The van der Waals surface area contributed by atoms with Crippen LogP contribution in [0.5, 0.6) is 11.5 Å². The zero-order valence-corrected chi connectivity index (χ0v) is 14.8. The fourth-order valence-electron chi connectivity index (χ4n) is 2.40. The van der Waals surface area contributed by atoms with Gasteiger partial charge in [-0.1, -0.05) is 12.1 Å². The van der Waals surface area contributed by atoms with Crippen molar-refractivity contribution in [3.05, 3.63) is 83.9 Å². The Labute approximate surface area is 163 Å². The molecule has 0 fully saturated rings. The van der Waals surface area contributed by atoms with Crippen LogP contribution in [0.15, 0.2) is 67.0 Å². The van der Waals surface area contributed by atoms with Crippen LogP contribution in [0, 0.1) is 5.82 Å². The van der Waals surface area contributed by atoms with Crippen LogP contribution < -0.4 is 15.4 Å². The van der Waals surface area contributed by atoms with Gasteiger partial charge in [0.25, 0.3) is 0 Å². The van der Waals surface area contributed by atoms with Gasteiger partial charge in [0.2, 0.25) is 0 Å². The summed E-state index contributed by atoms with van der Waals surface area (Å²) in [6, 6.07) is 11.8. The van der Waals surface area contributed by atoms with Gasteiger partial charge in [-0.3, -0.25) is 4.98 Å². The normalized spacial score (nSPS) is 11.0. The molecular formula is C20H15F4N3O2. The Balaban J connectivity index is 1.54. The van der Waals surface area contributed by atoms with Crippen molar-refractivity contribution in [2.75, 3.05) is 5.32 Å². The van der Waals surface area contributed by atoms with Gasteiger partial charge in [0.1, 0.15) is 17.3 Å². The van der Waals surface area contributed by atoms with Crippen molar-refractivity contribution in [3.8, 4) is 11.5 Å². The summed E-state index contributed by atoms with van der Waals surface area (Å²) in [5.41, 5.74) is -0.866. The van der Waals surface area contributed by atoms with E-state index in [9.17, 15) is 22.4 Å². The number of nitrogens with zero attached hydrogens (tertiary/aromatic N) is 1. The molecule has 0 aliphatic heterocycles. The summed E-state index contributed by atoms with van der Waals surface area (Å²) in [5, 5.41) is 4.76. The summed E-state index contributed by atoms with van der Waals surface area (Å²) in [7, 11) is 0. The van der Waals surface area contributed by atoms with Crippen LogP contribution in [0.2, 0.25) is 0 Å². The lowest BCUT2D eigenvalue weighted by atomic mass is 10.2. The molecular weight excluding hydrogens is 390 g/mol. The van der Waals surface area contributed by atoms with Gasteiger partial charge >= 0.3 is 12.2 Å². The lowest BCUT2D eigenvalue weighted by Crippen LogP contribution is -2.28. The fraction of sp³-hybridized carbons (Fsp3) is 0.100. The first kappa shape index (κ1) is 20.1. The number of anilines is 1. The van der Waals surface area contributed by atoms with E-state index >= 15 is 0 Å². The molecule has 2 amide bonds. The number of urea groups is 1. The Hall–Kier alpha value is -3.62. The second-order valence-corrected chi connectivity index (χ2v) is 5.93. The standard InChI is InChI=1S/C20H15F4N3O2/c21-18-6-3-14(11-17(18)20(22,23)24)27-19(28)26-12-13-1-4-15(5-2-13)29-16-7-9-25-10-8-16/h1-11H,12H2,(H2,26,27,28). The molecule has 0 spiro atoms. The molecule has 3 aromatic rings. The van der Waals surface area contributed by atoms with Crippen LogP contribution in [0.4, 0.5) is 28.0 Å². The zero-order chi connectivity index (χ0) is 20.9. The number of ether oxygens (including phenoxy) is 1. The smallest absolute Gasteiger partial charge is 0.419 e. The highest BCUT2D eigenvalue weighted by Gasteiger charge is 2.34. The number of aromatic nitrogens is 1. The number of carbonyl (C=O) groups is 1. The monoisotopic (exact) mass is 405 g/mol. The van der Waals surface area contributed by atoms with Gasteiger partial charge in [0.05, 0.1) is 5.56 Å². The maximum Gasteiger partial charge on any atom is 0.419 e. The maximum absolute atomic E-state index is 13.3. The van der Waals surface area contributed by atoms with Gasteiger partial charge in [-0.15, -0.1) is 0 Å². The minimum atomic E-state index is -4.85. The van der Waals surface area contributed by atoms with E-state index in [1.54, 1.807) is 48.8 Å². The minimum Gasteiger partial charge on any atom is -0.457 e. The first-order valence-corrected chi connectivity index (χ1v) is 8.40. The highest BCUT2D eigenvalue weighted by Crippen LogP contribution is 2.33. The van der Waals surface area contributed by atoms with Crippen molar-refractivity contribution in [2.24, 2.45) is 0 Å². The number of hydrogen-bond donors (Lipinski definition) is 2. The molecule has 0 saturated carbocycles. The van der Waals surface area contributed by atoms with E-state index in [-0.39, 0.29) is 12.2 Å². The third-order valence-electron chi connectivity index (χ3n) is 3.79. The summed E-state index contributed by atoms with van der Waals surface area (Å²) in [5.74, 6) is -0.185. The summed E-state index contributed by atoms with van der Waals surface area (Å²) >= 11 is 0. The molecule has 150 valence electrons. The van der Waals surface area contributed by atoms with Gasteiger partial charge in [0.15, 0.2) is 0 Å². The lowest BCUT2D eigenvalue weighted by molar-refractivity contribution is -0.139. The average Bonchev–Trinajstić information content (AvgIpc) is 2.69. The number of halogens is 4. The first-order chi connectivity index (χ1) is 13.8. The first-order valence-electron chi connectivity index (χ1n) is 8.40. The van der Waals surface area contributed by atoms with Crippen LogP contribution in [-0.2, 0) is 12.7 Å². The average molecular weight is 405 g/mol. The molecule has 0 aliphatic carbocycles. The largest absolute Gasteiger partial charge is 0.457 e. The van der Waals surface area contributed by atoms with Gasteiger partial charge in [-0.05, 0) is 48.0 Å². The van der Waals surface area contributed by atoms with Crippen molar-refractivity contribution < 1.29 is 27.1 Å². The van der Waals surface area contributed by atoms with Gasteiger partial charge in [-0.25, -0.2) is 9.18 Å². The Kier molecular flexibility index (Phi) is 5.96. The number of carbonyl (C=O) groups excluding carboxylic acids is 1. The number of amides is 2. The number of rotatable bonds is 5. The molecule has 5 nitrogen and oxygen atoms in total. The molecule has 2 N–H and O–H groups in total. The number of hydrogen-bond acceptors (Lipinski definition) is 3. The predicted octanol–water partition coefficient (Wildman–Crippen LogP) is 5.35. The SMILES string of the molecule is O=C(NCc1ccc(Oc2ccncc2)cc1)Nc1ccc(F)c(C(F)(F)F)c1. The second kappa shape index (κ2) is 8.59. The number of pyridine rings is 1. The quantitative estimate of drug-likeness (QED) is 0.562. The Morgan fingerprint density at radius 3 is 2.28 bits per heavy atom. The molecule has 3 rings (SSSR count). The second-order valence-electron chi connectivity index (χ2n) is 5.93. The molecule has 0 unspecified atom stereocenters. The van der Waals surface area contributed by atoms with Crippen LogP contribution in [0.1, 0.15) is 11.1 Å². The molecule has 0 bridgehead atoms. The molecule has 0 radical (unpaired) electrons. The van der Waals surface area contributed by atoms with E-state index in [0.29, 0.717) is 23.6 Å². The molecule has 29 heavy (non-hydrogen) atoms. The Bertz CT molecular complexity index is 977. The summed E-state index contributed by atoms with van der Waals surface area (Å²) in [6.07, 6.45) is -1.64. The van der Waals surface area contributed by atoms with E-state index in [0.717, 1.165) is 11.6 Å². The van der Waals surface area contributed by atoms with Gasteiger partial charge < -0.3 is 15.4 Å². The zero-order valence-electron chi connectivity index (χ0n) is 14.8. The highest BCUT2D eigenvalue weighted by molar-refractivity contribution is 5.89. The van der Waals surface area contributed by atoms with Crippen LogP contribution in [0.25, 0.3) is 0 Å². The summed E-state index contributed by atoms with van der Waals surface area (Å²) in [6.45, 7) is 0.134. The molecule has 2 aromatic carbocycles. The fourth-order valence-corrected chi connectivity index (χ4v) is 2.40. The summed E-state index contributed by atoms with van der Waals surface area (Å²) < 4.78 is 57.1. The topological polar surface area (TPSA) is 63.2 Å². The lowest BCUT2D eigenvalue weighted by Gasteiger charge is -2.12. The minimum absolute atomic E-state index is 0.134. The highest BCUT2D eigenvalue weighted by atomic mass is 19.4.